The fraction of sp³-hybridized carbons (Fsp3) is 0.438. The first kappa shape index (κ1) is 13.7. The number of anilines is 2. The van der Waals surface area contributed by atoms with Crippen molar-refractivity contribution in [3.63, 3.8) is 0 Å². The van der Waals surface area contributed by atoms with Gasteiger partial charge in [-0.3, -0.25) is 0 Å². The van der Waals surface area contributed by atoms with Crippen molar-refractivity contribution in [1.29, 1.82) is 0 Å². The van der Waals surface area contributed by atoms with Crippen molar-refractivity contribution < 1.29 is 4.79 Å². The number of benzene rings is 1. The highest BCUT2D eigenvalue weighted by Gasteiger charge is 2.31. The quantitative estimate of drug-likeness (QED) is 0.628. The molecule has 3 N–H and O–H groups in total. The molecule has 1 fully saturated rings. The summed E-state index contributed by atoms with van der Waals surface area (Å²) in [6.45, 7) is 4.42. The predicted molar refractivity (Wildman–Crippen MR) is 81.0 cm³/mol. The molecule has 1 saturated carbocycles. The van der Waals surface area contributed by atoms with Gasteiger partial charge in [-0.05, 0) is 30.5 Å². The van der Waals surface area contributed by atoms with Crippen LogP contribution in [0.5, 0.6) is 0 Å². The average Bonchev–Trinajstić information content (AvgIpc) is 2.47. The monoisotopic (exact) mass is 258 g/mol. The van der Waals surface area contributed by atoms with E-state index in [-0.39, 0.29) is 5.41 Å². The second-order valence-corrected chi connectivity index (χ2v) is 5.45. The predicted octanol–water partition coefficient (Wildman–Crippen LogP) is 3.47. The van der Waals surface area contributed by atoms with Gasteiger partial charge in [-0.25, -0.2) is 0 Å². The highest BCUT2D eigenvalue weighted by molar-refractivity contribution is 5.71. The zero-order valence-corrected chi connectivity index (χ0v) is 11.3. The summed E-state index contributed by atoms with van der Waals surface area (Å²) in [7, 11) is 0. The highest BCUT2D eigenvalue weighted by Crippen LogP contribution is 2.35. The number of rotatable bonds is 5. The molecular weight excluding hydrogens is 236 g/mol. The summed E-state index contributed by atoms with van der Waals surface area (Å²) >= 11 is 0. The minimum Gasteiger partial charge on any atom is -0.397 e. The molecule has 0 heterocycles. The van der Waals surface area contributed by atoms with Gasteiger partial charge in [-0.15, -0.1) is 0 Å². The number of nitrogens with two attached hydrogens (primary N) is 1. The van der Waals surface area contributed by atoms with E-state index in [1.807, 2.05) is 18.2 Å². The first-order valence-corrected chi connectivity index (χ1v) is 6.91. The molecule has 0 unspecified atom stereocenters. The minimum atomic E-state index is -0.213. The molecule has 19 heavy (non-hydrogen) atoms. The normalized spacial score (nSPS) is 17.7. The highest BCUT2D eigenvalue weighted by atomic mass is 16.1. The molecule has 0 bridgehead atoms. The molecule has 102 valence electrons. The molecule has 0 saturated heterocycles. The van der Waals surface area contributed by atoms with E-state index >= 15 is 0 Å². The van der Waals surface area contributed by atoms with Crippen LogP contribution in [0.4, 0.5) is 11.4 Å². The summed E-state index contributed by atoms with van der Waals surface area (Å²) < 4.78 is 0. The van der Waals surface area contributed by atoms with Gasteiger partial charge >= 0.3 is 0 Å². The SMILES string of the molecule is C=Cc1ccc(N)c(NCC2(C=O)CCCCC2)c1. The Morgan fingerprint density at radius 3 is 2.68 bits per heavy atom. The smallest absolute Gasteiger partial charge is 0.127 e. The molecule has 1 aliphatic rings. The summed E-state index contributed by atoms with van der Waals surface area (Å²) in [5.74, 6) is 0. The van der Waals surface area contributed by atoms with E-state index in [9.17, 15) is 4.79 Å². The van der Waals surface area contributed by atoms with Crippen LogP contribution >= 0.6 is 0 Å². The maximum atomic E-state index is 11.4. The van der Waals surface area contributed by atoms with Crippen LogP contribution < -0.4 is 11.1 Å². The first-order valence-electron chi connectivity index (χ1n) is 6.91. The second-order valence-electron chi connectivity index (χ2n) is 5.45. The molecule has 1 aromatic carbocycles. The van der Waals surface area contributed by atoms with Gasteiger partial charge in [0.1, 0.15) is 6.29 Å². The van der Waals surface area contributed by atoms with E-state index in [2.05, 4.69) is 11.9 Å². The van der Waals surface area contributed by atoms with Gasteiger partial charge in [0.15, 0.2) is 0 Å². The van der Waals surface area contributed by atoms with E-state index in [0.29, 0.717) is 12.2 Å². The van der Waals surface area contributed by atoms with Crippen molar-refractivity contribution in [1.82, 2.24) is 0 Å². The number of aldehydes is 1. The molecule has 0 atom stereocenters. The van der Waals surface area contributed by atoms with Crippen LogP contribution in [0, 0.1) is 5.41 Å². The molecule has 1 aromatic rings. The van der Waals surface area contributed by atoms with Gasteiger partial charge in [-0.2, -0.15) is 0 Å². The standard InChI is InChI=1S/C16H22N2O/c1-2-13-6-7-14(17)15(10-13)18-11-16(12-19)8-4-3-5-9-16/h2,6-7,10,12,18H,1,3-5,8-9,11,17H2. The topological polar surface area (TPSA) is 55.1 Å². The van der Waals surface area contributed by atoms with E-state index in [1.54, 1.807) is 6.08 Å². The van der Waals surface area contributed by atoms with Crippen molar-refractivity contribution in [3.05, 3.63) is 30.3 Å². The van der Waals surface area contributed by atoms with Crippen LogP contribution in [-0.4, -0.2) is 12.8 Å². The Balaban J connectivity index is 2.08. The van der Waals surface area contributed by atoms with Crippen molar-refractivity contribution >= 4 is 23.7 Å². The number of nitrogen functional groups attached to an aromatic ring is 1. The molecule has 1 aliphatic carbocycles. The van der Waals surface area contributed by atoms with Gasteiger partial charge in [0.2, 0.25) is 0 Å². The Morgan fingerprint density at radius 2 is 2.05 bits per heavy atom. The third-order valence-electron chi connectivity index (χ3n) is 4.04. The Morgan fingerprint density at radius 1 is 1.32 bits per heavy atom. The lowest BCUT2D eigenvalue weighted by Gasteiger charge is -2.32. The molecule has 3 nitrogen and oxygen atoms in total. The van der Waals surface area contributed by atoms with E-state index in [0.717, 1.165) is 43.2 Å². The molecule has 0 spiro atoms. The van der Waals surface area contributed by atoms with Crippen LogP contribution in [0.15, 0.2) is 24.8 Å². The molecule has 0 radical (unpaired) electrons. The van der Waals surface area contributed by atoms with Crippen molar-refractivity contribution in [2.75, 3.05) is 17.6 Å². The lowest BCUT2D eigenvalue weighted by Crippen LogP contribution is -2.33. The van der Waals surface area contributed by atoms with E-state index < -0.39 is 0 Å². The van der Waals surface area contributed by atoms with Crippen LogP contribution in [-0.2, 0) is 4.79 Å². The minimum absolute atomic E-state index is 0.213. The van der Waals surface area contributed by atoms with Gasteiger partial charge in [0.05, 0.1) is 11.4 Å². The second kappa shape index (κ2) is 5.91. The maximum absolute atomic E-state index is 11.4. The van der Waals surface area contributed by atoms with E-state index in [4.69, 9.17) is 5.73 Å². The van der Waals surface area contributed by atoms with Crippen LogP contribution in [0.3, 0.4) is 0 Å². The largest absolute Gasteiger partial charge is 0.397 e. The molecule has 3 heteroatoms. The Bertz CT molecular complexity index is 462. The van der Waals surface area contributed by atoms with Crippen molar-refractivity contribution in [2.24, 2.45) is 5.41 Å². The summed E-state index contributed by atoms with van der Waals surface area (Å²) in [5.41, 5.74) is 8.38. The summed E-state index contributed by atoms with van der Waals surface area (Å²) in [6.07, 6.45) is 8.40. The summed E-state index contributed by atoms with van der Waals surface area (Å²) in [6, 6.07) is 5.78. The van der Waals surface area contributed by atoms with Gasteiger partial charge < -0.3 is 15.8 Å². The van der Waals surface area contributed by atoms with E-state index in [1.165, 1.54) is 6.42 Å². The zero-order valence-electron chi connectivity index (χ0n) is 11.3. The summed E-state index contributed by atoms with van der Waals surface area (Å²) in [5, 5.41) is 3.35. The van der Waals surface area contributed by atoms with Gasteiger partial charge in [-0.1, -0.05) is 38.0 Å². The third-order valence-corrected chi connectivity index (χ3v) is 4.04. The maximum Gasteiger partial charge on any atom is 0.127 e. The Hall–Kier alpha value is -1.77. The number of carbonyl (C=O) groups is 1. The lowest BCUT2D eigenvalue weighted by molar-refractivity contribution is -0.117. The van der Waals surface area contributed by atoms with Gasteiger partial charge in [0, 0.05) is 12.0 Å². The molecule has 0 aromatic heterocycles. The number of carbonyl (C=O) groups excluding carboxylic acids is 1. The number of nitrogens with one attached hydrogen (secondary N) is 1. The molecule has 0 amide bonds. The fourth-order valence-corrected chi connectivity index (χ4v) is 2.72. The zero-order chi connectivity index (χ0) is 13.7. The first-order chi connectivity index (χ1) is 9.19. The van der Waals surface area contributed by atoms with Crippen molar-refractivity contribution in [3.8, 4) is 0 Å². The van der Waals surface area contributed by atoms with Gasteiger partial charge in [0.25, 0.3) is 0 Å². The summed E-state index contributed by atoms with van der Waals surface area (Å²) in [4.78, 5) is 11.4. The molecular formula is C16H22N2O. The van der Waals surface area contributed by atoms with Crippen LogP contribution in [0.25, 0.3) is 6.08 Å². The number of hydrogen-bond donors (Lipinski definition) is 2. The average molecular weight is 258 g/mol. The fourth-order valence-electron chi connectivity index (χ4n) is 2.72. The number of hydrogen-bond acceptors (Lipinski definition) is 3. The Labute approximate surface area is 114 Å². The van der Waals surface area contributed by atoms with Crippen LogP contribution in [0.1, 0.15) is 37.7 Å². The van der Waals surface area contributed by atoms with Crippen molar-refractivity contribution in [2.45, 2.75) is 32.1 Å². The lowest BCUT2D eigenvalue weighted by atomic mass is 9.75. The molecule has 2 rings (SSSR count). The third kappa shape index (κ3) is 3.16. The molecule has 0 aliphatic heterocycles. The van der Waals surface area contributed by atoms with Crippen LogP contribution in [0.2, 0.25) is 0 Å². The Kier molecular flexibility index (Phi) is 4.25.